The third-order valence-corrected chi connectivity index (χ3v) is 4.03. The monoisotopic (exact) mass is 322 g/mol. The van der Waals surface area contributed by atoms with E-state index in [0.29, 0.717) is 13.2 Å². The Labute approximate surface area is 142 Å². The van der Waals surface area contributed by atoms with Crippen LogP contribution >= 0.6 is 0 Å². The van der Waals surface area contributed by atoms with Crippen molar-refractivity contribution in [3.8, 4) is 5.75 Å². The van der Waals surface area contributed by atoms with E-state index < -0.39 is 0 Å². The molecule has 4 heteroatoms. The molecule has 0 atom stereocenters. The summed E-state index contributed by atoms with van der Waals surface area (Å²) in [6.45, 7) is 5.34. The third kappa shape index (κ3) is 3.96. The molecular formula is C20H22N2O2. The zero-order valence-electron chi connectivity index (χ0n) is 13.7. The predicted octanol–water partition coefficient (Wildman–Crippen LogP) is 3.64. The van der Waals surface area contributed by atoms with Crippen LogP contribution < -0.4 is 15.0 Å². The van der Waals surface area contributed by atoms with Gasteiger partial charge in [0.05, 0.1) is 6.54 Å². The molecule has 0 aliphatic carbocycles. The van der Waals surface area contributed by atoms with Crippen LogP contribution in [0.1, 0.15) is 12.0 Å². The van der Waals surface area contributed by atoms with Crippen molar-refractivity contribution in [1.82, 2.24) is 0 Å². The van der Waals surface area contributed by atoms with Crippen molar-refractivity contribution in [2.75, 3.05) is 29.9 Å². The number of fused-ring (bicyclic) bond motifs is 1. The molecule has 4 nitrogen and oxygen atoms in total. The Hall–Kier alpha value is -2.75. The van der Waals surface area contributed by atoms with Crippen molar-refractivity contribution in [2.45, 2.75) is 12.8 Å². The molecule has 0 unspecified atom stereocenters. The molecule has 3 rings (SSSR count). The first-order valence-corrected chi connectivity index (χ1v) is 8.23. The summed E-state index contributed by atoms with van der Waals surface area (Å²) in [5.74, 6) is 0.698. The molecule has 24 heavy (non-hydrogen) atoms. The molecule has 0 radical (unpaired) electrons. The van der Waals surface area contributed by atoms with Gasteiger partial charge in [0.2, 0.25) is 5.91 Å². The van der Waals surface area contributed by atoms with Gasteiger partial charge in [-0.15, -0.1) is 0 Å². The van der Waals surface area contributed by atoms with Gasteiger partial charge in [-0.25, -0.2) is 0 Å². The molecular weight excluding hydrogens is 300 g/mol. The topological polar surface area (TPSA) is 41.6 Å². The zero-order chi connectivity index (χ0) is 16.8. The van der Waals surface area contributed by atoms with Crippen LogP contribution in [-0.2, 0) is 11.2 Å². The van der Waals surface area contributed by atoms with Gasteiger partial charge in [0.25, 0.3) is 0 Å². The number of nitrogens with one attached hydrogen (secondary N) is 1. The molecule has 1 N–H and O–H groups in total. The van der Waals surface area contributed by atoms with Crippen LogP contribution in [-0.4, -0.2) is 25.6 Å². The smallest absolute Gasteiger partial charge is 0.243 e. The van der Waals surface area contributed by atoms with Gasteiger partial charge in [0, 0.05) is 24.0 Å². The number of benzene rings is 2. The maximum absolute atomic E-state index is 12.4. The van der Waals surface area contributed by atoms with Crippen LogP contribution in [0.3, 0.4) is 0 Å². The molecule has 0 aromatic heterocycles. The summed E-state index contributed by atoms with van der Waals surface area (Å²) < 4.78 is 5.49. The molecule has 0 bridgehead atoms. The van der Waals surface area contributed by atoms with Gasteiger partial charge in [-0.1, -0.05) is 36.9 Å². The maximum Gasteiger partial charge on any atom is 0.243 e. The minimum atomic E-state index is -0.0208. The lowest BCUT2D eigenvalue weighted by Gasteiger charge is -2.30. The molecule has 124 valence electrons. The number of carbonyl (C=O) groups is 1. The van der Waals surface area contributed by atoms with Crippen LogP contribution in [0.4, 0.5) is 11.4 Å². The molecule has 0 saturated heterocycles. The van der Waals surface area contributed by atoms with Gasteiger partial charge >= 0.3 is 0 Å². The van der Waals surface area contributed by atoms with Crippen molar-refractivity contribution in [1.29, 1.82) is 0 Å². The first-order chi connectivity index (χ1) is 11.8. The Bertz CT molecular complexity index is 727. The van der Waals surface area contributed by atoms with Crippen molar-refractivity contribution in [2.24, 2.45) is 0 Å². The Morgan fingerprint density at radius 3 is 3.00 bits per heavy atom. The summed E-state index contributed by atoms with van der Waals surface area (Å²) in [5, 5.41) is 2.95. The van der Waals surface area contributed by atoms with Crippen molar-refractivity contribution >= 4 is 17.3 Å². The molecule has 2 aromatic carbocycles. The highest BCUT2D eigenvalue weighted by Gasteiger charge is 2.18. The highest BCUT2D eigenvalue weighted by atomic mass is 16.5. The number of hydrogen-bond acceptors (Lipinski definition) is 3. The number of para-hydroxylation sites is 1. The first kappa shape index (κ1) is 16.1. The highest BCUT2D eigenvalue weighted by molar-refractivity contribution is 5.94. The van der Waals surface area contributed by atoms with Crippen LogP contribution in [0.2, 0.25) is 0 Å². The molecule has 1 amide bonds. The fourth-order valence-corrected chi connectivity index (χ4v) is 2.97. The molecule has 1 aliphatic rings. The standard InChI is InChI=1S/C20H22N2O2/c1-2-13-24-18-10-5-9-17(14-18)21-20(23)15-22-12-6-8-16-7-3-4-11-19(16)22/h2-5,7,9-11,14H,1,6,8,12-13,15H2,(H,21,23). The van der Waals surface area contributed by atoms with Crippen molar-refractivity contribution < 1.29 is 9.53 Å². The van der Waals surface area contributed by atoms with Crippen LogP contribution in [0.15, 0.2) is 61.2 Å². The van der Waals surface area contributed by atoms with E-state index in [1.165, 1.54) is 11.3 Å². The van der Waals surface area contributed by atoms with Gasteiger partial charge < -0.3 is 15.0 Å². The lowest BCUT2D eigenvalue weighted by atomic mass is 10.0. The van der Waals surface area contributed by atoms with Crippen molar-refractivity contribution in [3.05, 3.63) is 66.7 Å². The lowest BCUT2D eigenvalue weighted by Crippen LogP contribution is -2.36. The Morgan fingerprint density at radius 1 is 1.25 bits per heavy atom. The SMILES string of the molecule is C=CCOc1cccc(NC(=O)CN2CCCc3ccccc32)c1. The predicted molar refractivity (Wildman–Crippen MR) is 97.7 cm³/mol. The quantitative estimate of drug-likeness (QED) is 0.826. The fourth-order valence-electron chi connectivity index (χ4n) is 2.97. The van der Waals surface area contributed by atoms with E-state index in [9.17, 15) is 4.79 Å². The number of amides is 1. The summed E-state index contributed by atoms with van der Waals surface area (Å²) in [6, 6.07) is 15.7. The average molecular weight is 322 g/mol. The van der Waals surface area contributed by atoms with Gasteiger partial charge in [-0.2, -0.15) is 0 Å². The Balaban J connectivity index is 1.63. The number of carbonyl (C=O) groups excluding carboxylic acids is 1. The number of nitrogens with zero attached hydrogens (tertiary/aromatic N) is 1. The van der Waals surface area contributed by atoms with E-state index in [4.69, 9.17) is 4.74 Å². The average Bonchev–Trinajstić information content (AvgIpc) is 2.60. The fraction of sp³-hybridized carbons (Fsp3) is 0.250. The summed E-state index contributed by atoms with van der Waals surface area (Å²) in [5.41, 5.74) is 3.23. The van der Waals surface area contributed by atoms with E-state index in [1.54, 1.807) is 6.08 Å². The number of ether oxygens (including phenoxy) is 1. The van der Waals surface area contributed by atoms with Gasteiger partial charge in [0.1, 0.15) is 12.4 Å². The largest absolute Gasteiger partial charge is 0.489 e. The number of hydrogen-bond donors (Lipinski definition) is 1. The van der Waals surface area contributed by atoms with E-state index in [2.05, 4.69) is 35.0 Å². The van der Waals surface area contributed by atoms with Crippen LogP contribution in [0.5, 0.6) is 5.75 Å². The van der Waals surface area contributed by atoms with Gasteiger partial charge in [-0.05, 0) is 36.6 Å². The second-order valence-corrected chi connectivity index (χ2v) is 5.83. The van der Waals surface area contributed by atoms with Gasteiger partial charge in [0.15, 0.2) is 0 Å². The zero-order valence-corrected chi connectivity index (χ0v) is 13.7. The molecule has 0 spiro atoms. The van der Waals surface area contributed by atoms with E-state index in [0.717, 1.165) is 30.8 Å². The second-order valence-electron chi connectivity index (χ2n) is 5.83. The first-order valence-electron chi connectivity index (χ1n) is 8.23. The molecule has 0 saturated carbocycles. The molecule has 2 aromatic rings. The summed E-state index contributed by atoms with van der Waals surface area (Å²) in [4.78, 5) is 14.6. The Kier molecular flexibility index (Phi) is 5.16. The van der Waals surface area contributed by atoms with Crippen molar-refractivity contribution in [3.63, 3.8) is 0 Å². The van der Waals surface area contributed by atoms with Crippen LogP contribution in [0, 0.1) is 0 Å². The normalized spacial score (nSPS) is 13.1. The minimum Gasteiger partial charge on any atom is -0.489 e. The molecule has 1 aliphatic heterocycles. The molecule has 1 heterocycles. The van der Waals surface area contributed by atoms with E-state index in [-0.39, 0.29) is 5.91 Å². The van der Waals surface area contributed by atoms with Gasteiger partial charge in [-0.3, -0.25) is 4.79 Å². The Morgan fingerprint density at radius 2 is 2.12 bits per heavy atom. The number of aryl methyl sites for hydroxylation is 1. The third-order valence-electron chi connectivity index (χ3n) is 4.03. The summed E-state index contributed by atoms with van der Waals surface area (Å²) in [7, 11) is 0. The maximum atomic E-state index is 12.4. The summed E-state index contributed by atoms with van der Waals surface area (Å²) in [6.07, 6.45) is 3.85. The van der Waals surface area contributed by atoms with E-state index in [1.807, 2.05) is 30.3 Å². The van der Waals surface area contributed by atoms with E-state index >= 15 is 0 Å². The lowest BCUT2D eigenvalue weighted by molar-refractivity contribution is -0.115. The number of rotatable bonds is 6. The highest BCUT2D eigenvalue weighted by Crippen LogP contribution is 2.26. The second kappa shape index (κ2) is 7.68. The number of anilines is 2. The molecule has 0 fully saturated rings. The van der Waals surface area contributed by atoms with Crippen LogP contribution in [0.25, 0.3) is 0 Å². The minimum absolute atomic E-state index is 0.0208. The summed E-state index contributed by atoms with van der Waals surface area (Å²) >= 11 is 0.